The summed E-state index contributed by atoms with van der Waals surface area (Å²) in [4.78, 5) is 62.1. The predicted octanol–water partition coefficient (Wildman–Crippen LogP) is 7.22. The van der Waals surface area contributed by atoms with Gasteiger partial charge < -0.3 is 29.8 Å². The quantitative estimate of drug-likeness (QED) is 0.0834. The highest BCUT2D eigenvalue weighted by molar-refractivity contribution is 6.00. The van der Waals surface area contributed by atoms with Crippen LogP contribution in [-0.2, 0) is 25.7 Å². The van der Waals surface area contributed by atoms with Crippen molar-refractivity contribution >= 4 is 34.7 Å². The maximum absolute atomic E-state index is 14.6. The lowest BCUT2D eigenvalue weighted by Gasteiger charge is -2.29. The van der Waals surface area contributed by atoms with E-state index in [2.05, 4.69) is 16.4 Å². The highest BCUT2D eigenvalue weighted by atomic mass is 16.6. The van der Waals surface area contributed by atoms with E-state index in [9.17, 15) is 19.2 Å². The summed E-state index contributed by atoms with van der Waals surface area (Å²) in [6.45, 7) is 0.982. The van der Waals surface area contributed by atoms with Crippen molar-refractivity contribution in [1.29, 1.82) is 0 Å². The summed E-state index contributed by atoms with van der Waals surface area (Å²) in [7, 11) is 0. The molecule has 1 aromatic heterocycles. The molecule has 1 saturated heterocycles. The number of nitrogens with one attached hydrogen (secondary N) is 1. The lowest BCUT2D eigenvalue weighted by atomic mass is 9.89. The molecule has 1 aliphatic heterocycles. The van der Waals surface area contributed by atoms with E-state index in [-0.39, 0.29) is 48.9 Å². The third-order valence-corrected chi connectivity index (χ3v) is 10.9. The lowest BCUT2D eigenvalue weighted by Crippen LogP contribution is -2.52. The molecule has 0 unspecified atom stereocenters. The van der Waals surface area contributed by atoms with Crippen LogP contribution in [0.3, 0.4) is 0 Å². The highest BCUT2D eigenvalue weighted by Gasteiger charge is 2.43. The summed E-state index contributed by atoms with van der Waals surface area (Å²) < 4.78 is 17.9. The molecule has 2 aromatic carbocycles. The Kier molecular flexibility index (Phi) is 13.8. The van der Waals surface area contributed by atoms with Gasteiger partial charge in [0.1, 0.15) is 17.7 Å². The van der Waals surface area contributed by atoms with Gasteiger partial charge in [-0.15, -0.1) is 0 Å². The molecule has 3 aromatic rings. The zero-order valence-electron chi connectivity index (χ0n) is 30.7. The number of rotatable bonds is 17. The number of fused-ring (bicyclic) bond motifs is 1. The summed E-state index contributed by atoms with van der Waals surface area (Å²) in [6.07, 6.45) is 12.2. The number of nitrogens with two attached hydrogens (primary N) is 1. The second kappa shape index (κ2) is 19.1. The molecule has 11 heteroatoms. The Hall–Kier alpha value is -4.35. The number of ether oxygens (including phenoxy) is 2. The van der Waals surface area contributed by atoms with E-state index in [0.717, 1.165) is 56.9 Å². The van der Waals surface area contributed by atoms with Gasteiger partial charge in [0.2, 0.25) is 11.7 Å². The number of nitrogens with zero attached hydrogens (tertiary/aromatic N) is 2. The molecule has 0 radical (unpaired) electrons. The first-order valence-corrected chi connectivity index (χ1v) is 19.6. The van der Waals surface area contributed by atoms with Crippen LogP contribution in [0.4, 0.5) is 4.79 Å². The standard InChI is InChI=1S/C42H54N4O7/c43-24-12-11-17-31(39(48)40-44-34-20-9-10-21-38(34)53-40)25-37(47)36-26-33(51-28-30-15-5-2-6-16-30)27-46(36)41(49)35(23-22-29-13-3-1-4-14-29)45-42(50)52-32-18-7-8-19-32/h2,5-6,9-10,15-16,20-22,31-33,35-36H,1,3-4,7-8,11-14,17-19,23-28,43H2,(H,45,50)/t31-,33-,35-,36+/m1/s1. The number of Topliss-reactive ketones (excluding diaryl/α,β-unsaturated/α-hetero) is 2. The lowest BCUT2D eigenvalue weighted by molar-refractivity contribution is -0.139. The van der Waals surface area contributed by atoms with Crippen LogP contribution in [0.5, 0.6) is 0 Å². The van der Waals surface area contributed by atoms with Crippen LogP contribution in [0, 0.1) is 5.92 Å². The number of para-hydroxylation sites is 2. The summed E-state index contributed by atoms with van der Waals surface area (Å²) in [5, 5.41) is 2.88. The summed E-state index contributed by atoms with van der Waals surface area (Å²) >= 11 is 0. The fraction of sp³-hybridized carbons (Fsp3) is 0.548. The Morgan fingerprint density at radius 3 is 2.45 bits per heavy atom. The maximum atomic E-state index is 14.6. The SMILES string of the molecule is NCCCC[C@H](CC(=O)[C@@H]1C[C@@H](OCc2ccccc2)CN1C(=O)[C@@H](CC=C1CCCCC1)NC(=O)OC1CCCC1)C(=O)c1nc2ccccc2o1. The maximum Gasteiger partial charge on any atom is 0.408 e. The number of unbranched alkanes of at least 4 members (excludes halogenated alkanes) is 1. The average Bonchev–Trinajstić information content (AvgIpc) is 3.96. The second-order valence-electron chi connectivity index (χ2n) is 14.8. The smallest absolute Gasteiger partial charge is 0.408 e. The van der Waals surface area contributed by atoms with Gasteiger partial charge in [-0.25, -0.2) is 9.78 Å². The van der Waals surface area contributed by atoms with E-state index in [1.54, 1.807) is 17.0 Å². The molecule has 2 saturated carbocycles. The van der Waals surface area contributed by atoms with Crippen LogP contribution >= 0.6 is 0 Å². The Labute approximate surface area is 312 Å². The third kappa shape index (κ3) is 10.6. The molecule has 2 heterocycles. The molecule has 3 N–H and O–H groups in total. The van der Waals surface area contributed by atoms with E-state index in [1.165, 1.54) is 12.0 Å². The Morgan fingerprint density at radius 2 is 1.70 bits per heavy atom. The van der Waals surface area contributed by atoms with E-state index in [4.69, 9.17) is 19.6 Å². The first-order chi connectivity index (χ1) is 25.9. The summed E-state index contributed by atoms with van der Waals surface area (Å²) in [5.41, 5.74) is 9.13. The van der Waals surface area contributed by atoms with Crippen molar-refractivity contribution in [2.45, 2.75) is 127 Å². The summed E-state index contributed by atoms with van der Waals surface area (Å²) in [6, 6.07) is 15.2. The van der Waals surface area contributed by atoms with Gasteiger partial charge in [-0.3, -0.25) is 14.4 Å². The van der Waals surface area contributed by atoms with Crippen LogP contribution in [-0.4, -0.2) is 70.8 Å². The van der Waals surface area contributed by atoms with Gasteiger partial charge in [-0.1, -0.05) is 67.0 Å². The Balaban J connectivity index is 1.23. The topological polar surface area (TPSA) is 154 Å². The highest BCUT2D eigenvalue weighted by Crippen LogP contribution is 2.30. The fourth-order valence-corrected chi connectivity index (χ4v) is 7.90. The largest absolute Gasteiger partial charge is 0.446 e. The van der Waals surface area contributed by atoms with Crippen molar-refractivity contribution in [3.05, 3.63) is 77.7 Å². The van der Waals surface area contributed by atoms with E-state index in [1.807, 2.05) is 42.5 Å². The van der Waals surface area contributed by atoms with Crippen LogP contribution < -0.4 is 11.1 Å². The van der Waals surface area contributed by atoms with Crippen molar-refractivity contribution in [3.8, 4) is 0 Å². The molecule has 2 amide bonds. The molecule has 53 heavy (non-hydrogen) atoms. The molecule has 284 valence electrons. The van der Waals surface area contributed by atoms with Crippen molar-refractivity contribution in [2.24, 2.45) is 11.7 Å². The first-order valence-electron chi connectivity index (χ1n) is 19.6. The van der Waals surface area contributed by atoms with E-state index < -0.39 is 30.2 Å². The van der Waals surface area contributed by atoms with Gasteiger partial charge in [-0.05, 0) is 94.9 Å². The van der Waals surface area contributed by atoms with Crippen LogP contribution in [0.25, 0.3) is 11.1 Å². The van der Waals surface area contributed by atoms with Gasteiger partial charge in [0.15, 0.2) is 11.4 Å². The van der Waals surface area contributed by atoms with Gasteiger partial charge in [0.25, 0.3) is 5.89 Å². The monoisotopic (exact) mass is 726 g/mol. The summed E-state index contributed by atoms with van der Waals surface area (Å²) in [5.74, 6) is -1.65. The molecule has 3 aliphatic rings. The number of carbonyl (C=O) groups excluding carboxylic acids is 4. The number of aromatic nitrogens is 1. The minimum Gasteiger partial charge on any atom is -0.446 e. The Bertz CT molecular complexity index is 1680. The van der Waals surface area contributed by atoms with Crippen molar-refractivity contribution in [3.63, 3.8) is 0 Å². The average molecular weight is 727 g/mol. The second-order valence-corrected chi connectivity index (χ2v) is 14.8. The number of hydrogen-bond donors (Lipinski definition) is 2. The van der Waals surface area contributed by atoms with Gasteiger partial charge in [0, 0.05) is 25.3 Å². The molecule has 3 fully saturated rings. The van der Waals surface area contributed by atoms with Crippen molar-refractivity contribution in [1.82, 2.24) is 15.2 Å². The number of hydrogen-bond acceptors (Lipinski definition) is 9. The van der Waals surface area contributed by atoms with Gasteiger partial charge in [-0.2, -0.15) is 0 Å². The molecular weight excluding hydrogens is 672 g/mol. The van der Waals surface area contributed by atoms with Crippen molar-refractivity contribution < 1.29 is 33.1 Å². The number of likely N-dealkylation sites (tertiary alicyclic amines) is 1. The number of amides is 2. The van der Waals surface area contributed by atoms with Crippen LogP contribution in [0.1, 0.15) is 113 Å². The number of benzene rings is 2. The van der Waals surface area contributed by atoms with E-state index >= 15 is 0 Å². The first kappa shape index (κ1) is 38.4. The van der Waals surface area contributed by atoms with Crippen molar-refractivity contribution in [2.75, 3.05) is 13.1 Å². The fourth-order valence-electron chi connectivity index (χ4n) is 7.90. The number of ketones is 2. The zero-order chi connectivity index (χ0) is 37.0. The van der Waals surface area contributed by atoms with Crippen LogP contribution in [0.2, 0.25) is 0 Å². The van der Waals surface area contributed by atoms with E-state index in [0.29, 0.717) is 49.9 Å². The number of alkyl carbamates (subject to hydrolysis) is 1. The molecule has 0 spiro atoms. The third-order valence-electron chi connectivity index (χ3n) is 10.9. The molecule has 11 nitrogen and oxygen atoms in total. The number of carbonyl (C=O) groups is 4. The minimum atomic E-state index is -0.914. The van der Waals surface area contributed by atoms with Gasteiger partial charge >= 0.3 is 6.09 Å². The molecule has 2 aliphatic carbocycles. The number of oxazole rings is 1. The minimum absolute atomic E-state index is 0.0269. The van der Waals surface area contributed by atoms with Gasteiger partial charge in [0.05, 0.1) is 18.8 Å². The Morgan fingerprint density at radius 1 is 0.943 bits per heavy atom. The predicted molar refractivity (Wildman–Crippen MR) is 201 cm³/mol. The van der Waals surface area contributed by atoms with Crippen LogP contribution in [0.15, 0.2) is 70.7 Å². The molecule has 6 rings (SSSR count). The molecule has 0 bridgehead atoms. The normalized spacial score (nSPS) is 20.3. The zero-order valence-corrected chi connectivity index (χ0v) is 30.7. The molecular formula is C42H54N4O7. The number of allylic oxidation sites excluding steroid dienone is 1. The molecule has 4 atom stereocenters.